The Labute approximate surface area is 160 Å². The van der Waals surface area contributed by atoms with Crippen LogP contribution in [0, 0.1) is 5.92 Å². The minimum Gasteiger partial charge on any atom is -0.493 e. The molecule has 2 atom stereocenters. The lowest BCUT2D eigenvalue weighted by Gasteiger charge is -2.37. The number of hydrogen-bond donors (Lipinski definition) is 1. The van der Waals surface area contributed by atoms with E-state index in [0.29, 0.717) is 18.4 Å². The van der Waals surface area contributed by atoms with Crippen molar-refractivity contribution in [2.75, 3.05) is 26.3 Å². The Bertz CT molecular complexity index is 947. The van der Waals surface area contributed by atoms with Gasteiger partial charge >= 0.3 is 0 Å². The molecule has 1 saturated heterocycles. The van der Waals surface area contributed by atoms with Crippen LogP contribution in [0.15, 0.2) is 60.7 Å². The molecule has 0 amide bonds. The summed E-state index contributed by atoms with van der Waals surface area (Å²) in [5.74, 6) is 3.15. The SMILES string of the molecule is c1ccc2c(CCOc3ccc4c(c3)[C@H]3CNCC[C@H]3CO4)cccc2c1. The Morgan fingerprint density at radius 2 is 1.96 bits per heavy atom. The van der Waals surface area contributed by atoms with E-state index in [0.717, 1.165) is 37.6 Å². The monoisotopic (exact) mass is 359 g/mol. The van der Waals surface area contributed by atoms with E-state index in [2.05, 4.69) is 59.9 Å². The molecule has 0 spiro atoms. The minimum absolute atomic E-state index is 0.545. The fourth-order valence-electron chi connectivity index (χ4n) is 4.50. The van der Waals surface area contributed by atoms with Crippen molar-refractivity contribution in [2.24, 2.45) is 5.92 Å². The molecule has 0 unspecified atom stereocenters. The predicted octanol–water partition coefficient (Wildman–Crippen LogP) is 4.55. The molecule has 0 saturated carbocycles. The van der Waals surface area contributed by atoms with Gasteiger partial charge < -0.3 is 14.8 Å². The molecule has 3 aromatic carbocycles. The highest BCUT2D eigenvalue weighted by Crippen LogP contribution is 2.41. The second kappa shape index (κ2) is 7.24. The van der Waals surface area contributed by atoms with Gasteiger partial charge in [-0.3, -0.25) is 0 Å². The van der Waals surface area contributed by atoms with Crippen LogP contribution in [0.5, 0.6) is 11.5 Å². The van der Waals surface area contributed by atoms with Crippen LogP contribution in [0.1, 0.15) is 23.5 Å². The normalized spacial score (nSPS) is 21.2. The molecule has 0 aliphatic carbocycles. The Morgan fingerprint density at radius 3 is 2.96 bits per heavy atom. The van der Waals surface area contributed by atoms with Crippen molar-refractivity contribution in [1.29, 1.82) is 0 Å². The van der Waals surface area contributed by atoms with Crippen molar-refractivity contribution >= 4 is 10.8 Å². The van der Waals surface area contributed by atoms with Gasteiger partial charge in [0, 0.05) is 30.4 Å². The first kappa shape index (κ1) is 16.6. The van der Waals surface area contributed by atoms with Gasteiger partial charge in [0.05, 0.1) is 13.2 Å². The number of benzene rings is 3. The molecule has 138 valence electrons. The molecule has 1 fully saturated rings. The second-order valence-electron chi connectivity index (χ2n) is 7.61. The maximum absolute atomic E-state index is 6.13. The third-order valence-electron chi connectivity index (χ3n) is 5.98. The van der Waals surface area contributed by atoms with Gasteiger partial charge in [-0.05, 0) is 47.5 Å². The average molecular weight is 359 g/mol. The minimum atomic E-state index is 0.545. The molecule has 3 aromatic rings. The van der Waals surface area contributed by atoms with E-state index in [9.17, 15) is 0 Å². The van der Waals surface area contributed by atoms with Crippen molar-refractivity contribution < 1.29 is 9.47 Å². The summed E-state index contributed by atoms with van der Waals surface area (Å²) in [6.45, 7) is 3.67. The van der Waals surface area contributed by atoms with Gasteiger partial charge in [-0.15, -0.1) is 0 Å². The molecule has 0 radical (unpaired) electrons. The largest absolute Gasteiger partial charge is 0.493 e. The number of ether oxygens (including phenoxy) is 2. The smallest absolute Gasteiger partial charge is 0.123 e. The van der Waals surface area contributed by atoms with Crippen molar-refractivity contribution in [3.05, 3.63) is 71.8 Å². The van der Waals surface area contributed by atoms with E-state index in [1.165, 1.54) is 28.3 Å². The molecule has 5 rings (SSSR count). The topological polar surface area (TPSA) is 30.5 Å². The first-order valence-corrected chi connectivity index (χ1v) is 9.95. The highest BCUT2D eigenvalue weighted by atomic mass is 16.5. The van der Waals surface area contributed by atoms with E-state index in [-0.39, 0.29) is 0 Å². The lowest BCUT2D eigenvalue weighted by Crippen LogP contribution is -2.40. The highest BCUT2D eigenvalue weighted by molar-refractivity contribution is 5.85. The first-order valence-electron chi connectivity index (χ1n) is 9.95. The molecular weight excluding hydrogens is 334 g/mol. The van der Waals surface area contributed by atoms with Gasteiger partial charge in [-0.1, -0.05) is 42.5 Å². The molecule has 3 nitrogen and oxygen atoms in total. The summed E-state index contributed by atoms with van der Waals surface area (Å²) in [5.41, 5.74) is 2.65. The van der Waals surface area contributed by atoms with Crippen LogP contribution < -0.4 is 14.8 Å². The van der Waals surface area contributed by atoms with Gasteiger partial charge in [0.25, 0.3) is 0 Å². The molecule has 2 heterocycles. The van der Waals surface area contributed by atoms with E-state index in [1.54, 1.807) is 0 Å². The average Bonchev–Trinajstić information content (AvgIpc) is 2.74. The summed E-state index contributed by atoms with van der Waals surface area (Å²) < 4.78 is 12.1. The van der Waals surface area contributed by atoms with E-state index in [4.69, 9.17) is 9.47 Å². The Balaban J connectivity index is 1.30. The summed E-state index contributed by atoms with van der Waals surface area (Å²) in [5, 5.41) is 6.14. The third kappa shape index (κ3) is 3.28. The predicted molar refractivity (Wildman–Crippen MR) is 109 cm³/mol. The summed E-state index contributed by atoms with van der Waals surface area (Å²) in [6.07, 6.45) is 2.10. The van der Waals surface area contributed by atoms with E-state index in [1.807, 2.05) is 6.07 Å². The van der Waals surface area contributed by atoms with Crippen molar-refractivity contribution in [3.63, 3.8) is 0 Å². The van der Waals surface area contributed by atoms with Crippen LogP contribution >= 0.6 is 0 Å². The summed E-state index contributed by atoms with van der Waals surface area (Å²) in [7, 11) is 0. The summed E-state index contributed by atoms with van der Waals surface area (Å²) >= 11 is 0. The summed E-state index contributed by atoms with van der Waals surface area (Å²) in [6, 6.07) is 21.4. The van der Waals surface area contributed by atoms with Crippen LogP contribution in [0.3, 0.4) is 0 Å². The van der Waals surface area contributed by atoms with Crippen molar-refractivity contribution in [1.82, 2.24) is 5.32 Å². The van der Waals surface area contributed by atoms with Crippen LogP contribution in [-0.2, 0) is 6.42 Å². The van der Waals surface area contributed by atoms with Gasteiger partial charge in [-0.2, -0.15) is 0 Å². The van der Waals surface area contributed by atoms with Gasteiger partial charge in [-0.25, -0.2) is 0 Å². The molecule has 3 heteroatoms. The van der Waals surface area contributed by atoms with Gasteiger partial charge in [0.1, 0.15) is 11.5 Å². The maximum Gasteiger partial charge on any atom is 0.123 e. The molecular formula is C24H25NO2. The Kier molecular flexibility index (Phi) is 4.46. The van der Waals surface area contributed by atoms with E-state index >= 15 is 0 Å². The van der Waals surface area contributed by atoms with Crippen LogP contribution in [-0.4, -0.2) is 26.3 Å². The summed E-state index contributed by atoms with van der Waals surface area (Å²) in [4.78, 5) is 0. The Morgan fingerprint density at radius 1 is 1.04 bits per heavy atom. The molecule has 27 heavy (non-hydrogen) atoms. The molecule has 1 N–H and O–H groups in total. The lowest BCUT2D eigenvalue weighted by atomic mass is 9.80. The van der Waals surface area contributed by atoms with Gasteiger partial charge in [0.15, 0.2) is 0 Å². The number of piperidine rings is 1. The quantitative estimate of drug-likeness (QED) is 0.741. The Hall–Kier alpha value is -2.52. The molecule has 2 aliphatic rings. The number of fused-ring (bicyclic) bond motifs is 4. The molecule has 0 aromatic heterocycles. The zero-order valence-corrected chi connectivity index (χ0v) is 15.5. The zero-order chi connectivity index (χ0) is 18.1. The highest BCUT2D eigenvalue weighted by Gasteiger charge is 2.33. The number of nitrogens with one attached hydrogen (secondary N) is 1. The lowest BCUT2D eigenvalue weighted by molar-refractivity contribution is 0.164. The number of hydrogen-bond acceptors (Lipinski definition) is 3. The van der Waals surface area contributed by atoms with Crippen LogP contribution in [0.2, 0.25) is 0 Å². The standard InChI is InChI=1S/C24H25NO2/c1-2-7-21-17(4-1)5-3-6-18(21)11-13-26-20-8-9-24-22(14-20)23-15-25-12-10-19(23)16-27-24/h1-9,14,19,23,25H,10-13,15-16H2/t19-,23-/m0/s1. The van der Waals surface area contributed by atoms with Crippen molar-refractivity contribution in [2.45, 2.75) is 18.8 Å². The zero-order valence-electron chi connectivity index (χ0n) is 15.5. The first-order chi connectivity index (χ1) is 13.4. The van der Waals surface area contributed by atoms with Crippen LogP contribution in [0.4, 0.5) is 0 Å². The molecule has 0 bridgehead atoms. The van der Waals surface area contributed by atoms with E-state index < -0.39 is 0 Å². The maximum atomic E-state index is 6.13. The van der Waals surface area contributed by atoms with Crippen LogP contribution in [0.25, 0.3) is 10.8 Å². The molecule has 2 aliphatic heterocycles. The number of rotatable bonds is 4. The third-order valence-corrected chi connectivity index (χ3v) is 5.98. The second-order valence-corrected chi connectivity index (χ2v) is 7.61. The van der Waals surface area contributed by atoms with Gasteiger partial charge in [0.2, 0.25) is 0 Å². The van der Waals surface area contributed by atoms with Crippen molar-refractivity contribution in [3.8, 4) is 11.5 Å². The fraction of sp³-hybridized carbons (Fsp3) is 0.333. The fourth-order valence-corrected chi connectivity index (χ4v) is 4.50.